The van der Waals surface area contributed by atoms with Gasteiger partial charge in [0.25, 0.3) is 0 Å². The van der Waals surface area contributed by atoms with E-state index in [9.17, 15) is 4.79 Å². The van der Waals surface area contributed by atoms with Crippen LogP contribution in [0.3, 0.4) is 0 Å². The van der Waals surface area contributed by atoms with Crippen molar-refractivity contribution in [3.05, 3.63) is 11.6 Å². The van der Waals surface area contributed by atoms with Crippen LogP contribution in [0.15, 0.2) is 11.6 Å². The van der Waals surface area contributed by atoms with Gasteiger partial charge >= 0.3 is 5.97 Å². The molecule has 0 atom stereocenters. The van der Waals surface area contributed by atoms with Gasteiger partial charge in [0, 0.05) is 0 Å². The molecule has 0 radical (unpaired) electrons. The average Bonchev–Trinajstić information content (AvgIpc) is 1.90. The predicted octanol–water partition coefficient (Wildman–Crippen LogP) is 0.0980. The topological polar surface area (TPSA) is 46.5 Å². The molecule has 3 nitrogen and oxygen atoms in total. The van der Waals surface area contributed by atoms with E-state index in [1.54, 1.807) is 6.92 Å². The van der Waals surface area contributed by atoms with Gasteiger partial charge in [0.15, 0.2) is 0 Å². The molecule has 0 aromatic rings. The molecule has 1 N–H and O–H groups in total. The third-order valence-corrected chi connectivity index (χ3v) is 0.966. The molecular weight excluding hydrogens is 120 g/mol. The lowest BCUT2D eigenvalue weighted by Crippen LogP contribution is -2.07. The summed E-state index contributed by atoms with van der Waals surface area (Å²) in [6.07, 6.45) is 1.52. The number of carbonyl (C=O) groups excluding carboxylic acids is 1. The number of ether oxygens (including phenoxy) is 1. The van der Waals surface area contributed by atoms with Crippen LogP contribution in [0.25, 0.3) is 0 Å². The van der Waals surface area contributed by atoms with Crippen molar-refractivity contribution in [2.45, 2.75) is 6.92 Å². The molecule has 0 heterocycles. The minimum Gasteiger partial charge on any atom is -0.466 e. The fourth-order valence-corrected chi connectivity index (χ4v) is 0.405. The van der Waals surface area contributed by atoms with Crippen molar-refractivity contribution in [3.63, 3.8) is 0 Å². The van der Waals surface area contributed by atoms with E-state index in [-0.39, 0.29) is 12.2 Å². The van der Waals surface area contributed by atoms with Crippen LogP contribution in [0.2, 0.25) is 0 Å². The number of hydrogen-bond donors (Lipinski definition) is 1. The van der Waals surface area contributed by atoms with Crippen molar-refractivity contribution >= 4 is 5.97 Å². The molecule has 0 aliphatic heterocycles. The number of methoxy groups -OCH3 is 1. The summed E-state index contributed by atoms with van der Waals surface area (Å²) < 4.78 is 4.33. The zero-order chi connectivity index (χ0) is 7.28. The zero-order valence-corrected chi connectivity index (χ0v) is 5.55. The Kier molecular flexibility index (Phi) is 3.71. The maximum absolute atomic E-state index is 10.5. The van der Waals surface area contributed by atoms with E-state index < -0.39 is 5.97 Å². The van der Waals surface area contributed by atoms with Gasteiger partial charge in [-0.3, -0.25) is 0 Å². The Bertz CT molecular complexity index is 126. The smallest absolute Gasteiger partial charge is 0.335 e. The first-order chi connectivity index (χ1) is 4.26. The fraction of sp³-hybridized carbons (Fsp3) is 0.500. The Balaban J connectivity index is 3.97. The van der Waals surface area contributed by atoms with Crippen LogP contribution in [0.5, 0.6) is 0 Å². The molecule has 0 saturated heterocycles. The van der Waals surface area contributed by atoms with E-state index in [0.717, 1.165) is 0 Å². The van der Waals surface area contributed by atoms with E-state index in [1.807, 2.05) is 0 Å². The van der Waals surface area contributed by atoms with Crippen molar-refractivity contribution in [1.29, 1.82) is 0 Å². The minimum absolute atomic E-state index is 0.261. The highest BCUT2D eigenvalue weighted by molar-refractivity contribution is 5.88. The van der Waals surface area contributed by atoms with Gasteiger partial charge in [0.1, 0.15) is 0 Å². The lowest BCUT2D eigenvalue weighted by Gasteiger charge is -1.97. The molecule has 52 valence electrons. The summed E-state index contributed by atoms with van der Waals surface area (Å²) in [6.45, 7) is 1.41. The van der Waals surface area contributed by atoms with Crippen molar-refractivity contribution in [3.8, 4) is 0 Å². The van der Waals surface area contributed by atoms with Crippen molar-refractivity contribution < 1.29 is 14.6 Å². The Morgan fingerprint density at radius 1 is 1.78 bits per heavy atom. The normalized spacial score (nSPS) is 11.2. The monoisotopic (exact) mass is 130 g/mol. The van der Waals surface area contributed by atoms with E-state index in [0.29, 0.717) is 0 Å². The molecule has 0 unspecified atom stereocenters. The van der Waals surface area contributed by atoms with E-state index >= 15 is 0 Å². The Labute approximate surface area is 53.9 Å². The zero-order valence-electron chi connectivity index (χ0n) is 5.55. The number of carbonyl (C=O) groups is 1. The molecule has 0 aromatic heterocycles. The van der Waals surface area contributed by atoms with Crippen LogP contribution in [-0.2, 0) is 9.53 Å². The molecule has 0 saturated carbocycles. The lowest BCUT2D eigenvalue weighted by atomic mass is 10.3. The summed E-state index contributed by atoms with van der Waals surface area (Å²) in [5, 5.41) is 8.46. The fourth-order valence-electron chi connectivity index (χ4n) is 0.405. The van der Waals surface area contributed by atoms with E-state index in [4.69, 9.17) is 5.11 Å². The quantitative estimate of drug-likeness (QED) is 0.426. The van der Waals surface area contributed by atoms with Gasteiger partial charge in [-0.15, -0.1) is 0 Å². The van der Waals surface area contributed by atoms with Crippen LogP contribution in [0, 0.1) is 0 Å². The minimum atomic E-state index is -0.472. The van der Waals surface area contributed by atoms with Crippen molar-refractivity contribution in [1.82, 2.24) is 0 Å². The number of aliphatic hydroxyl groups is 1. The van der Waals surface area contributed by atoms with Crippen LogP contribution in [-0.4, -0.2) is 24.8 Å². The number of hydrogen-bond acceptors (Lipinski definition) is 3. The first-order valence-corrected chi connectivity index (χ1v) is 2.60. The standard InChI is InChI=1S/C6H10O3/c1-3-5(4-7)6(8)9-2/h3,7H,4H2,1-2H3. The molecule has 9 heavy (non-hydrogen) atoms. The van der Waals surface area contributed by atoms with E-state index in [2.05, 4.69) is 4.74 Å². The maximum Gasteiger partial charge on any atom is 0.335 e. The van der Waals surface area contributed by atoms with Gasteiger partial charge in [-0.2, -0.15) is 0 Å². The van der Waals surface area contributed by atoms with Crippen LogP contribution in [0.1, 0.15) is 6.92 Å². The third kappa shape index (κ3) is 2.28. The van der Waals surface area contributed by atoms with Gasteiger partial charge in [-0.1, -0.05) is 6.08 Å². The summed E-state index contributed by atoms with van der Waals surface area (Å²) in [5.41, 5.74) is 0.289. The predicted molar refractivity (Wildman–Crippen MR) is 32.9 cm³/mol. The summed E-state index contributed by atoms with van der Waals surface area (Å²) in [7, 11) is 1.28. The number of rotatable bonds is 2. The Morgan fingerprint density at radius 3 is 2.44 bits per heavy atom. The first-order valence-electron chi connectivity index (χ1n) is 2.60. The lowest BCUT2D eigenvalue weighted by molar-refractivity contribution is -0.136. The van der Waals surface area contributed by atoms with Crippen LogP contribution < -0.4 is 0 Å². The van der Waals surface area contributed by atoms with Crippen LogP contribution >= 0.6 is 0 Å². The van der Waals surface area contributed by atoms with Crippen molar-refractivity contribution in [2.24, 2.45) is 0 Å². The van der Waals surface area contributed by atoms with Gasteiger partial charge in [-0.05, 0) is 6.92 Å². The summed E-state index contributed by atoms with van der Waals surface area (Å²) in [5.74, 6) is -0.472. The highest BCUT2D eigenvalue weighted by Gasteiger charge is 2.04. The van der Waals surface area contributed by atoms with Gasteiger partial charge in [-0.25, -0.2) is 4.79 Å². The maximum atomic E-state index is 10.5. The molecule has 0 aliphatic rings. The highest BCUT2D eigenvalue weighted by Crippen LogP contribution is 1.93. The molecule has 0 aliphatic carbocycles. The molecule has 0 bridgehead atoms. The number of esters is 1. The van der Waals surface area contributed by atoms with Gasteiger partial charge in [0.05, 0.1) is 19.3 Å². The molecule has 0 amide bonds. The summed E-state index contributed by atoms with van der Waals surface area (Å²) in [6, 6.07) is 0. The molecule has 0 fully saturated rings. The van der Waals surface area contributed by atoms with E-state index in [1.165, 1.54) is 13.2 Å². The third-order valence-electron chi connectivity index (χ3n) is 0.966. The Morgan fingerprint density at radius 2 is 2.33 bits per heavy atom. The summed E-state index contributed by atoms with van der Waals surface area (Å²) >= 11 is 0. The van der Waals surface area contributed by atoms with Gasteiger partial charge in [0.2, 0.25) is 0 Å². The van der Waals surface area contributed by atoms with Crippen molar-refractivity contribution in [2.75, 3.05) is 13.7 Å². The average molecular weight is 130 g/mol. The number of aliphatic hydroxyl groups excluding tert-OH is 1. The largest absolute Gasteiger partial charge is 0.466 e. The highest BCUT2D eigenvalue weighted by atomic mass is 16.5. The van der Waals surface area contributed by atoms with Gasteiger partial charge < -0.3 is 9.84 Å². The van der Waals surface area contributed by atoms with Crippen LogP contribution in [0.4, 0.5) is 0 Å². The molecular formula is C6H10O3. The molecule has 0 aromatic carbocycles. The molecule has 3 heteroatoms. The number of allylic oxidation sites excluding steroid dienone is 1. The molecule has 0 rings (SSSR count). The Hall–Kier alpha value is -0.830. The SMILES string of the molecule is CC=C(CO)C(=O)OC. The molecule has 0 spiro atoms. The second-order valence-corrected chi connectivity index (χ2v) is 1.46. The first kappa shape index (κ1) is 8.17. The second-order valence-electron chi connectivity index (χ2n) is 1.46. The second kappa shape index (κ2) is 4.09. The summed E-state index contributed by atoms with van der Waals surface area (Å²) in [4.78, 5) is 10.5.